The zero-order chi connectivity index (χ0) is 13.7. The molecule has 0 spiro atoms. The van der Waals surface area contributed by atoms with E-state index in [1.165, 1.54) is 11.3 Å². The molecular weight excluding hydrogens is 262 g/mol. The highest BCUT2D eigenvalue weighted by Crippen LogP contribution is 2.19. The normalized spacial score (nSPS) is 9.95. The molecule has 1 aromatic carbocycles. The molecule has 1 N–H and O–H groups in total. The van der Waals surface area contributed by atoms with Gasteiger partial charge in [-0.2, -0.15) is 0 Å². The number of thiophene rings is 1. The van der Waals surface area contributed by atoms with Crippen LogP contribution in [0.15, 0.2) is 41.8 Å². The molecular formula is C14H13NO3S. The highest BCUT2D eigenvalue weighted by molar-refractivity contribution is 7.12. The highest BCUT2D eigenvalue weighted by atomic mass is 32.1. The number of esters is 1. The average Bonchev–Trinajstić information content (AvgIpc) is 2.93. The van der Waals surface area contributed by atoms with Crippen molar-refractivity contribution in [3.05, 3.63) is 46.7 Å². The van der Waals surface area contributed by atoms with Gasteiger partial charge in [0.2, 0.25) is 0 Å². The van der Waals surface area contributed by atoms with Crippen LogP contribution in [0.3, 0.4) is 0 Å². The second kappa shape index (κ2) is 6.15. The fourth-order valence-electron chi connectivity index (χ4n) is 1.44. The summed E-state index contributed by atoms with van der Waals surface area (Å²) < 4.78 is 5.09. The summed E-state index contributed by atoms with van der Waals surface area (Å²) >= 11 is 1.37. The van der Waals surface area contributed by atoms with Gasteiger partial charge in [0, 0.05) is 18.2 Å². The number of hydrogen-bond donors (Lipinski definition) is 1. The van der Waals surface area contributed by atoms with Gasteiger partial charge in [-0.05, 0) is 23.6 Å². The van der Waals surface area contributed by atoms with Crippen molar-refractivity contribution >= 4 is 28.9 Å². The van der Waals surface area contributed by atoms with Gasteiger partial charge in [-0.3, -0.25) is 9.59 Å². The summed E-state index contributed by atoms with van der Waals surface area (Å²) in [4.78, 5) is 23.7. The first kappa shape index (κ1) is 13.3. The van der Waals surface area contributed by atoms with Gasteiger partial charge in [0.05, 0.1) is 4.88 Å². The second-order valence-corrected chi connectivity index (χ2v) is 4.73. The summed E-state index contributed by atoms with van der Waals surface area (Å²) in [6, 6.07) is 10.3. The summed E-state index contributed by atoms with van der Waals surface area (Å²) in [5, 5.41) is 4.60. The van der Waals surface area contributed by atoms with Crippen LogP contribution in [-0.4, -0.2) is 11.9 Å². The first-order valence-electron chi connectivity index (χ1n) is 5.84. The van der Waals surface area contributed by atoms with E-state index in [0.29, 0.717) is 22.7 Å². The molecule has 0 aliphatic rings. The Morgan fingerprint density at radius 3 is 2.79 bits per heavy atom. The second-order valence-electron chi connectivity index (χ2n) is 3.79. The van der Waals surface area contributed by atoms with Crippen molar-refractivity contribution in [2.45, 2.75) is 13.3 Å². The Balaban J connectivity index is 2.07. The minimum absolute atomic E-state index is 0.172. The lowest BCUT2D eigenvalue weighted by Crippen LogP contribution is -2.10. The standard InChI is InChI=1S/C14H13NO3S/c1-2-13(16)18-11-6-3-5-10(9-11)15-14(17)12-7-4-8-19-12/h3-9H,2H2,1H3,(H,15,17). The van der Waals surface area contributed by atoms with Gasteiger partial charge in [0.1, 0.15) is 5.75 Å². The van der Waals surface area contributed by atoms with E-state index < -0.39 is 0 Å². The van der Waals surface area contributed by atoms with E-state index in [1.54, 1.807) is 37.3 Å². The van der Waals surface area contributed by atoms with Crippen molar-refractivity contribution in [1.29, 1.82) is 0 Å². The minimum atomic E-state index is -0.304. The maximum Gasteiger partial charge on any atom is 0.310 e. The molecule has 0 saturated heterocycles. The molecule has 0 aliphatic carbocycles. The van der Waals surface area contributed by atoms with E-state index in [-0.39, 0.29) is 11.9 Å². The number of benzene rings is 1. The molecule has 0 fully saturated rings. The fourth-order valence-corrected chi connectivity index (χ4v) is 2.06. The van der Waals surface area contributed by atoms with Crippen LogP contribution in [-0.2, 0) is 4.79 Å². The molecule has 0 aliphatic heterocycles. The van der Waals surface area contributed by atoms with Crippen LogP contribution in [0.1, 0.15) is 23.0 Å². The number of amides is 1. The number of carbonyl (C=O) groups is 2. The molecule has 5 heteroatoms. The largest absolute Gasteiger partial charge is 0.426 e. The Morgan fingerprint density at radius 1 is 1.26 bits per heavy atom. The number of ether oxygens (including phenoxy) is 1. The molecule has 0 unspecified atom stereocenters. The van der Waals surface area contributed by atoms with E-state index in [4.69, 9.17) is 4.74 Å². The fraction of sp³-hybridized carbons (Fsp3) is 0.143. The van der Waals surface area contributed by atoms with Gasteiger partial charge in [-0.15, -0.1) is 11.3 Å². The van der Waals surface area contributed by atoms with Crippen LogP contribution in [0.5, 0.6) is 5.75 Å². The molecule has 1 amide bonds. The monoisotopic (exact) mass is 275 g/mol. The molecule has 19 heavy (non-hydrogen) atoms. The third-order valence-corrected chi connectivity index (χ3v) is 3.23. The number of anilines is 1. The Labute approximate surface area is 115 Å². The predicted octanol–water partition coefficient (Wildman–Crippen LogP) is 3.32. The molecule has 0 radical (unpaired) electrons. The Morgan fingerprint density at radius 2 is 2.11 bits per heavy atom. The van der Waals surface area contributed by atoms with E-state index in [2.05, 4.69) is 5.32 Å². The molecule has 2 rings (SSSR count). The lowest BCUT2D eigenvalue weighted by atomic mass is 10.3. The van der Waals surface area contributed by atoms with Crippen molar-refractivity contribution < 1.29 is 14.3 Å². The third-order valence-electron chi connectivity index (χ3n) is 2.36. The van der Waals surface area contributed by atoms with Crippen molar-refractivity contribution in [3.8, 4) is 5.75 Å². The van der Waals surface area contributed by atoms with Gasteiger partial charge in [0.15, 0.2) is 0 Å². The molecule has 1 aromatic heterocycles. The van der Waals surface area contributed by atoms with Gasteiger partial charge in [0.25, 0.3) is 5.91 Å². The van der Waals surface area contributed by atoms with Gasteiger partial charge in [-0.25, -0.2) is 0 Å². The van der Waals surface area contributed by atoms with E-state index in [9.17, 15) is 9.59 Å². The van der Waals surface area contributed by atoms with E-state index in [0.717, 1.165) is 0 Å². The van der Waals surface area contributed by atoms with Crippen LogP contribution in [0.4, 0.5) is 5.69 Å². The number of hydrogen-bond acceptors (Lipinski definition) is 4. The summed E-state index contributed by atoms with van der Waals surface area (Å²) in [5.74, 6) is -0.0495. The highest BCUT2D eigenvalue weighted by Gasteiger charge is 2.08. The topological polar surface area (TPSA) is 55.4 Å². The van der Waals surface area contributed by atoms with Crippen molar-refractivity contribution in [2.24, 2.45) is 0 Å². The first-order valence-corrected chi connectivity index (χ1v) is 6.72. The maximum atomic E-state index is 11.9. The van der Waals surface area contributed by atoms with Crippen molar-refractivity contribution in [1.82, 2.24) is 0 Å². The molecule has 1 heterocycles. The van der Waals surface area contributed by atoms with Crippen LogP contribution in [0, 0.1) is 0 Å². The average molecular weight is 275 g/mol. The van der Waals surface area contributed by atoms with Crippen molar-refractivity contribution in [2.75, 3.05) is 5.32 Å². The lowest BCUT2D eigenvalue weighted by Gasteiger charge is -2.06. The molecule has 98 valence electrons. The number of nitrogens with one attached hydrogen (secondary N) is 1. The van der Waals surface area contributed by atoms with Crippen molar-refractivity contribution in [3.63, 3.8) is 0 Å². The molecule has 2 aromatic rings. The molecule has 0 atom stereocenters. The Kier molecular flexibility index (Phi) is 4.30. The predicted molar refractivity (Wildman–Crippen MR) is 74.6 cm³/mol. The Bertz CT molecular complexity index is 578. The summed E-state index contributed by atoms with van der Waals surface area (Å²) in [6.45, 7) is 1.73. The lowest BCUT2D eigenvalue weighted by molar-refractivity contribution is -0.134. The van der Waals surface area contributed by atoms with Gasteiger partial charge in [-0.1, -0.05) is 19.1 Å². The van der Waals surface area contributed by atoms with Crippen LogP contribution in [0.25, 0.3) is 0 Å². The van der Waals surface area contributed by atoms with Crippen LogP contribution in [0.2, 0.25) is 0 Å². The zero-order valence-corrected chi connectivity index (χ0v) is 11.2. The Hall–Kier alpha value is -2.14. The maximum absolute atomic E-state index is 11.9. The number of carbonyl (C=O) groups excluding carboxylic acids is 2. The third kappa shape index (κ3) is 3.66. The summed E-state index contributed by atoms with van der Waals surface area (Å²) in [7, 11) is 0. The van der Waals surface area contributed by atoms with Crippen LogP contribution < -0.4 is 10.1 Å². The molecule has 4 nitrogen and oxygen atoms in total. The first-order chi connectivity index (χ1) is 9.19. The zero-order valence-electron chi connectivity index (χ0n) is 10.4. The van der Waals surface area contributed by atoms with Gasteiger partial charge < -0.3 is 10.1 Å². The van der Waals surface area contributed by atoms with Crippen LogP contribution >= 0.6 is 11.3 Å². The SMILES string of the molecule is CCC(=O)Oc1cccc(NC(=O)c2cccs2)c1. The van der Waals surface area contributed by atoms with E-state index >= 15 is 0 Å². The smallest absolute Gasteiger partial charge is 0.310 e. The van der Waals surface area contributed by atoms with E-state index in [1.807, 2.05) is 11.4 Å². The molecule has 0 bridgehead atoms. The number of rotatable bonds is 4. The minimum Gasteiger partial charge on any atom is -0.426 e. The summed E-state index contributed by atoms with van der Waals surface area (Å²) in [5.41, 5.74) is 0.597. The summed E-state index contributed by atoms with van der Waals surface area (Å²) in [6.07, 6.45) is 0.311. The van der Waals surface area contributed by atoms with Gasteiger partial charge >= 0.3 is 5.97 Å². The molecule has 0 saturated carbocycles. The quantitative estimate of drug-likeness (QED) is 0.688.